The molecule has 308 valence electrons. The summed E-state index contributed by atoms with van der Waals surface area (Å²) in [6.07, 6.45) is 5.83. The van der Waals surface area contributed by atoms with Crippen molar-refractivity contribution in [1.82, 2.24) is 51.0 Å². The Morgan fingerprint density at radius 1 is 0.484 bits per heavy atom. The van der Waals surface area contributed by atoms with Gasteiger partial charge in [0.1, 0.15) is 11.5 Å². The fraction of sp³-hybridized carbons (Fsp3) is 0.130. The summed E-state index contributed by atoms with van der Waals surface area (Å²) in [6, 6.07) is 36.6. The summed E-state index contributed by atoms with van der Waals surface area (Å²) in [4.78, 5) is 22.8. The van der Waals surface area contributed by atoms with Crippen LogP contribution in [0.15, 0.2) is 134 Å². The molecule has 4 aromatic heterocycles. The second kappa shape index (κ2) is 21.0. The molecule has 0 bridgehead atoms. The monoisotopic (exact) mass is 822 g/mol. The van der Waals surface area contributed by atoms with E-state index in [0.717, 1.165) is 71.3 Å². The van der Waals surface area contributed by atoms with E-state index >= 15 is 0 Å². The van der Waals surface area contributed by atoms with Crippen LogP contribution in [0.3, 0.4) is 0 Å². The summed E-state index contributed by atoms with van der Waals surface area (Å²) in [5.41, 5.74) is 8.19. The molecule has 16 nitrogen and oxygen atoms in total. The van der Waals surface area contributed by atoms with Crippen molar-refractivity contribution in [3.8, 4) is 34.0 Å². The van der Waals surface area contributed by atoms with Crippen molar-refractivity contribution in [3.05, 3.63) is 179 Å². The Balaban J connectivity index is 0.000000186. The van der Waals surface area contributed by atoms with E-state index in [9.17, 15) is 0 Å². The Morgan fingerprint density at radius 2 is 0.903 bits per heavy atom. The first-order valence-electron chi connectivity index (χ1n) is 19.4. The fourth-order valence-electron chi connectivity index (χ4n) is 6.23. The molecular formula is C46H42N14O2. The Hall–Kier alpha value is -8.44. The number of H-pyrrole nitrogens is 2. The van der Waals surface area contributed by atoms with E-state index in [1.54, 1.807) is 14.2 Å². The molecule has 4 heterocycles. The van der Waals surface area contributed by atoms with Crippen LogP contribution >= 0.6 is 0 Å². The minimum atomic E-state index is 0.247. The number of hydrogen-bond donors (Lipinski definition) is 6. The lowest BCUT2D eigenvalue weighted by atomic mass is 10.1. The molecule has 16 heteroatoms. The highest BCUT2D eigenvalue weighted by atomic mass is 16.5. The molecule has 0 fully saturated rings. The number of ether oxygens (including phenoxy) is 2. The largest absolute Gasteiger partial charge is 0.496 e. The standard InChI is InChI=1S/2C23H21N7O/c2*1-24-22-14-27-23(15-26-22)28-21-11-19(29-30-21)18-9-8-17(10-20(18)31-2)13-25-12-16-6-4-3-5-7-16/h2*3-11,14-15,25H,12-13H2,2H3,(H2,27,28,29,30). The van der Waals surface area contributed by atoms with Gasteiger partial charge in [-0.3, -0.25) is 10.2 Å². The Kier molecular flexibility index (Phi) is 14.1. The molecule has 0 aliphatic heterocycles. The van der Waals surface area contributed by atoms with Crippen LogP contribution in [-0.2, 0) is 26.2 Å². The molecule has 6 N–H and O–H groups in total. The zero-order valence-corrected chi connectivity index (χ0v) is 33.9. The fourth-order valence-corrected chi connectivity index (χ4v) is 6.23. The first-order chi connectivity index (χ1) is 30.5. The van der Waals surface area contributed by atoms with Crippen molar-refractivity contribution in [3.63, 3.8) is 0 Å². The molecule has 4 aromatic carbocycles. The highest BCUT2D eigenvalue weighted by Crippen LogP contribution is 2.33. The Morgan fingerprint density at radius 3 is 1.27 bits per heavy atom. The zero-order valence-electron chi connectivity index (χ0n) is 33.9. The van der Waals surface area contributed by atoms with Gasteiger partial charge in [0.2, 0.25) is 0 Å². The lowest BCUT2D eigenvalue weighted by Gasteiger charge is -2.10. The van der Waals surface area contributed by atoms with E-state index in [1.165, 1.54) is 35.9 Å². The normalized spacial score (nSPS) is 10.5. The highest BCUT2D eigenvalue weighted by molar-refractivity contribution is 5.72. The summed E-state index contributed by atoms with van der Waals surface area (Å²) in [6.45, 7) is 17.0. The first kappa shape index (κ1) is 41.7. The van der Waals surface area contributed by atoms with E-state index in [-0.39, 0.29) is 11.6 Å². The summed E-state index contributed by atoms with van der Waals surface area (Å²) in [5.74, 6) is 4.22. The number of rotatable bonds is 16. The van der Waals surface area contributed by atoms with E-state index in [1.807, 2.05) is 72.8 Å². The minimum absolute atomic E-state index is 0.247. The van der Waals surface area contributed by atoms with Crippen LogP contribution in [0.25, 0.3) is 32.2 Å². The predicted molar refractivity (Wildman–Crippen MR) is 238 cm³/mol. The van der Waals surface area contributed by atoms with Gasteiger partial charge in [0.05, 0.1) is 38.0 Å². The van der Waals surface area contributed by atoms with Gasteiger partial charge < -0.3 is 40.4 Å². The van der Waals surface area contributed by atoms with Crippen LogP contribution in [0.1, 0.15) is 22.3 Å². The molecule has 0 saturated carbocycles. The number of nitrogens with one attached hydrogen (secondary N) is 6. The van der Waals surface area contributed by atoms with Crippen molar-refractivity contribution in [2.75, 3.05) is 24.9 Å². The zero-order chi connectivity index (χ0) is 42.9. The SMILES string of the molecule is [C-]#[N+]c1cnc(Nc2cc(-c3ccc(CNCc4ccccc4)cc3OC)[nH]n2)cn1.[C-]#[N+]c1cnc(Nc2cc(-c3ccc(CNCc4ccccc4)cc3OC)[nH]n2)cn1. The van der Waals surface area contributed by atoms with Gasteiger partial charge in [-0.1, -0.05) is 85.9 Å². The second-order valence-electron chi connectivity index (χ2n) is 13.6. The third-order valence-corrected chi connectivity index (χ3v) is 9.29. The average Bonchev–Trinajstić information content (AvgIpc) is 4.00. The molecule has 8 rings (SSSR count). The number of nitrogens with zero attached hydrogens (tertiary/aromatic N) is 8. The van der Waals surface area contributed by atoms with Crippen molar-refractivity contribution in [2.24, 2.45) is 0 Å². The van der Waals surface area contributed by atoms with E-state index in [2.05, 4.69) is 108 Å². The number of anilines is 4. The van der Waals surface area contributed by atoms with E-state index in [4.69, 9.17) is 22.6 Å². The molecule has 0 atom stereocenters. The number of methoxy groups -OCH3 is 2. The van der Waals surface area contributed by atoms with Crippen molar-refractivity contribution in [2.45, 2.75) is 26.2 Å². The number of hydrogen-bond acceptors (Lipinski definition) is 12. The molecule has 0 spiro atoms. The molecule has 8 aromatic rings. The van der Waals surface area contributed by atoms with Crippen LogP contribution < -0.4 is 30.7 Å². The van der Waals surface area contributed by atoms with Gasteiger partial charge in [0, 0.05) is 49.4 Å². The van der Waals surface area contributed by atoms with Gasteiger partial charge >= 0.3 is 0 Å². The molecule has 0 unspecified atom stereocenters. The van der Waals surface area contributed by atoms with E-state index in [0.29, 0.717) is 23.3 Å². The molecule has 0 aliphatic carbocycles. The lowest BCUT2D eigenvalue weighted by molar-refractivity contribution is 0.415. The highest BCUT2D eigenvalue weighted by Gasteiger charge is 2.13. The summed E-state index contributed by atoms with van der Waals surface area (Å²) in [5, 5.41) is 27.6. The number of aromatic amines is 2. The van der Waals surface area contributed by atoms with Crippen LogP contribution in [0.2, 0.25) is 0 Å². The second-order valence-corrected chi connectivity index (χ2v) is 13.6. The van der Waals surface area contributed by atoms with Crippen LogP contribution in [-0.4, -0.2) is 54.6 Å². The maximum atomic E-state index is 6.93. The predicted octanol–water partition coefficient (Wildman–Crippen LogP) is 8.92. The number of benzene rings is 4. The molecule has 0 aliphatic rings. The van der Waals surface area contributed by atoms with Crippen molar-refractivity contribution in [1.29, 1.82) is 0 Å². The van der Waals surface area contributed by atoms with E-state index < -0.39 is 0 Å². The molecule has 0 saturated heterocycles. The first-order valence-corrected chi connectivity index (χ1v) is 19.4. The maximum absolute atomic E-state index is 6.93. The molecule has 0 radical (unpaired) electrons. The lowest BCUT2D eigenvalue weighted by Crippen LogP contribution is -2.12. The van der Waals surface area contributed by atoms with Gasteiger partial charge in [-0.05, 0) is 46.5 Å². The quantitative estimate of drug-likeness (QED) is 0.0510. The number of aromatic nitrogens is 8. The summed E-state index contributed by atoms with van der Waals surface area (Å²) < 4.78 is 11.2. The maximum Gasteiger partial charge on any atom is 0.288 e. The van der Waals surface area contributed by atoms with Crippen LogP contribution in [0.5, 0.6) is 11.5 Å². The van der Waals surface area contributed by atoms with Gasteiger partial charge in [-0.25, -0.2) is 9.97 Å². The minimum Gasteiger partial charge on any atom is -0.496 e. The summed E-state index contributed by atoms with van der Waals surface area (Å²) >= 11 is 0. The van der Waals surface area contributed by atoms with Gasteiger partial charge in [0.25, 0.3) is 11.6 Å². The van der Waals surface area contributed by atoms with Crippen LogP contribution in [0, 0.1) is 13.1 Å². The van der Waals surface area contributed by atoms with Gasteiger partial charge in [-0.2, -0.15) is 10.2 Å². The van der Waals surface area contributed by atoms with Crippen molar-refractivity contribution >= 4 is 34.9 Å². The van der Waals surface area contributed by atoms with Gasteiger partial charge in [-0.15, -0.1) is 9.97 Å². The smallest absolute Gasteiger partial charge is 0.288 e. The molecule has 0 amide bonds. The third-order valence-electron chi connectivity index (χ3n) is 9.29. The average molecular weight is 823 g/mol. The van der Waals surface area contributed by atoms with Crippen molar-refractivity contribution < 1.29 is 9.47 Å². The van der Waals surface area contributed by atoms with Gasteiger partial charge in [0.15, 0.2) is 35.7 Å². The Bertz CT molecular complexity index is 2550. The third kappa shape index (κ3) is 11.4. The topological polar surface area (TPSA) is 184 Å². The molecular weight excluding hydrogens is 781 g/mol. The summed E-state index contributed by atoms with van der Waals surface area (Å²) in [7, 11) is 3.31. The Labute approximate surface area is 358 Å². The molecule has 62 heavy (non-hydrogen) atoms. The van der Waals surface area contributed by atoms with Crippen LogP contribution in [0.4, 0.5) is 34.9 Å².